The van der Waals surface area contributed by atoms with Crippen molar-refractivity contribution in [2.75, 3.05) is 14.7 Å². The lowest BCUT2D eigenvalue weighted by Crippen LogP contribution is -2.62. The van der Waals surface area contributed by atoms with E-state index in [-0.39, 0.29) is 33.9 Å². The normalized spacial score (nSPS) is 19.9. The Balaban J connectivity index is 1.23. The van der Waals surface area contributed by atoms with Gasteiger partial charge in [0, 0.05) is 60.7 Å². The van der Waals surface area contributed by atoms with Gasteiger partial charge in [0.25, 0.3) is 6.71 Å². The molecule has 4 heterocycles. The van der Waals surface area contributed by atoms with Gasteiger partial charge in [-0.2, -0.15) is 0 Å². The highest BCUT2D eigenvalue weighted by molar-refractivity contribution is 7.26. The molecule has 1 saturated carbocycles. The van der Waals surface area contributed by atoms with Crippen molar-refractivity contribution in [3.05, 3.63) is 162 Å². The van der Waals surface area contributed by atoms with E-state index in [1.807, 2.05) is 11.3 Å². The highest BCUT2D eigenvalue weighted by atomic mass is 32.1. The second kappa shape index (κ2) is 14.4. The Labute approximate surface area is 403 Å². The first-order valence-electron chi connectivity index (χ1n) is 24.8. The van der Waals surface area contributed by atoms with Gasteiger partial charge in [-0.25, -0.2) is 0 Å². The number of thiophene rings is 1. The van der Waals surface area contributed by atoms with Gasteiger partial charge in [0.05, 0.1) is 15.9 Å². The zero-order chi connectivity index (χ0) is 46.6. The number of benzene rings is 7. The van der Waals surface area contributed by atoms with Gasteiger partial charge < -0.3 is 14.7 Å². The fourth-order valence-corrected chi connectivity index (χ4v) is 13.9. The molecule has 0 N–H and O–H groups in total. The fraction of sp³-hybridized carbons (Fsp3) is 0.323. The van der Waals surface area contributed by atoms with Crippen molar-refractivity contribution in [3.63, 3.8) is 0 Å². The van der Waals surface area contributed by atoms with E-state index in [1.165, 1.54) is 124 Å². The summed E-state index contributed by atoms with van der Waals surface area (Å²) in [6, 6.07) is 54.9. The third-order valence-electron chi connectivity index (χ3n) is 16.7. The Bertz CT molecular complexity index is 3320. The summed E-state index contributed by atoms with van der Waals surface area (Å²) in [4.78, 5) is 8.11. The van der Waals surface area contributed by atoms with Crippen LogP contribution in [0, 0.1) is 0 Å². The molecule has 1 aromatic heterocycles. The molecule has 3 aliphatic heterocycles. The fourth-order valence-electron chi connectivity index (χ4n) is 12.7. The van der Waals surface area contributed by atoms with Crippen molar-refractivity contribution < 1.29 is 0 Å². The third-order valence-corrected chi connectivity index (χ3v) is 17.9. The summed E-state index contributed by atoms with van der Waals surface area (Å²) in [6.07, 6.45) is 4.83. The van der Waals surface area contributed by atoms with Gasteiger partial charge in [-0.3, -0.25) is 0 Å². The molecule has 2 unspecified atom stereocenters. The Morgan fingerprint density at radius 3 is 1.70 bits per heavy atom. The number of anilines is 8. The van der Waals surface area contributed by atoms with Crippen LogP contribution in [0.3, 0.4) is 0 Å². The van der Waals surface area contributed by atoms with Gasteiger partial charge >= 0.3 is 0 Å². The molecule has 8 aromatic rings. The van der Waals surface area contributed by atoms with Crippen LogP contribution in [0.4, 0.5) is 45.5 Å². The number of hydrogen-bond donors (Lipinski definition) is 0. The lowest BCUT2D eigenvalue weighted by Gasteiger charge is -2.51. The lowest BCUT2D eigenvalue weighted by molar-refractivity contribution is 0.195. The monoisotopic (exact) mass is 893 g/mol. The third kappa shape index (κ3) is 6.15. The molecule has 0 radical (unpaired) electrons. The van der Waals surface area contributed by atoms with E-state index in [0.29, 0.717) is 0 Å². The largest absolute Gasteiger partial charge is 0.334 e. The predicted octanol–water partition coefficient (Wildman–Crippen LogP) is 15.8. The molecule has 5 heteroatoms. The van der Waals surface area contributed by atoms with Gasteiger partial charge in [-0.15, -0.1) is 11.3 Å². The smallest absolute Gasteiger partial charge is 0.252 e. The van der Waals surface area contributed by atoms with Crippen LogP contribution in [-0.2, 0) is 21.7 Å². The van der Waals surface area contributed by atoms with Crippen LogP contribution < -0.4 is 31.1 Å². The van der Waals surface area contributed by atoms with Crippen molar-refractivity contribution in [1.29, 1.82) is 0 Å². The van der Waals surface area contributed by atoms with Gasteiger partial charge in [-0.1, -0.05) is 167 Å². The van der Waals surface area contributed by atoms with Crippen molar-refractivity contribution in [2.24, 2.45) is 0 Å². The Hall–Kier alpha value is -5.78. The van der Waals surface area contributed by atoms with Crippen LogP contribution in [0.5, 0.6) is 0 Å². The molecule has 3 nitrogen and oxygen atoms in total. The molecule has 0 amide bonds. The number of hydrogen-bond acceptors (Lipinski definition) is 4. The molecule has 12 rings (SSSR count). The Morgan fingerprint density at radius 2 is 1.03 bits per heavy atom. The van der Waals surface area contributed by atoms with E-state index in [9.17, 15) is 0 Å². The van der Waals surface area contributed by atoms with Crippen molar-refractivity contribution in [3.8, 4) is 0 Å². The quantitative estimate of drug-likeness (QED) is 0.164. The maximum Gasteiger partial charge on any atom is 0.252 e. The van der Waals surface area contributed by atoms with Gasteiger partial charge in [0.2, 0.25) is 0 Å². The topological polar surface area (TPSA) is 9.72 Å². The molecule has 0 saturated heterocycles. The first-order chi connectivity index (χ1) is 31.9. The second-order valence-corrected chi connectivity index (χ2v) is 24.8. The maximum absolute atomic E-state index is 2.79. The summed E-state index contributed by atoms with van der Waals surface area (Å²) in [6.45, 7) is 26.3. The second-order valence-electron chi connectivity index (χ2n) is 23.8. The minimum Gasteiger partial charge on any atom is -0.334 e. The van der Waals surface area contributed by atoms with Gasteiger partial charge in [0.15, 0.2) is 0 Å². The van der Waals surface area contributed by atoms with Crippen molar-refractivity contribution in [2.45, 2.75) is 129 Å². The number of para-hydroxylation sites is 1. The van der Waals surface area contributed by atoms with Crippen LogP contribution in [-0.4, -0.2) is 12.3 Å². The predicted molar refractivity (Wildman–Crippen MR) is 292 cm³/mol. The molecule has 7 aromatic carbocycles. The standard InChI is InChI=1S/C62H64BN3S/c1-58(2,3)39-25-29-42(30-26-39)64-50-31-27-40(59(4,5)6)35-47(50)63-48-36-41(60(7,8)9)28-32-51(48)65(52-23-18-20-45-44-19-12-15-24-55(44)67-57(45)52)54-38-43(37-53(64)56(54)63)66-49-22-14-13-21-46(49)61(10)33-16-17-34-62(61,66)11/h12-15,18-32,35-38H,16-17,33-34H2,1-11H3. The summed E-state index contributed by atoms with van der Waals surface area (Å²) < 4.78 is 2.65. The lowest BCUT2D eigenvalue weighted by atomic mass is 9.33. The van der Waals surface area contributed by atoms with E-state index in [2.05, 4.69) is 230 Å². The van der Waals surface area contributed by atoms with Crippen molar-refractivity contribution in [1.82, 2.24) is 0 Å². The van der Waals surface area contributed by atoms with E-state index in [0.717, 1.165) is 6.42 Å². The SMILES string of the molecule is CC(C)(C)c1ccc(N2c3ccc(C(C)(C)C)cc3B3c4cc(C(C)(C)C)ccc4N(c4cccc5c4sc4ccccc45)c4cc(N5c6ccccc6C6(C)CCCCC56C)cc2c43)cc1. The summed E-state index contributed by atoms with van der Waals surface area (Å²) in [5, 5.41) is 2.64. The highest BCUT2D eigenvalue weighted by Crippen LogP contribution is 2.62. The molecule has 4 aliphatic rings. The van der Waals surface area contributed by atoms with Gasteiger partial charge in [0.1, 0.15) is 0 Å². The summed E-state index contributed by atoms with van der Waals surface area (Å²) >= 11 is 1.93. The molecular weight excluding hydrogens is 830 g/mol. The minimum absolute atomic E-state index is 0.0120. The number of rotatable bonds is 3. The average Bonchev–Trinajstić information content (AvgIpc) is 3.78. The highest BCUT2D eigenvalue weighted by Gasteiger charge is 2.58. The molecule has 1 aliphatic carbocycles. The first kappa shape index (κ1) is 42.6. The van der Waals surface area contributed by atoms with E-state index < -0.39 is 0 Å². The summed E-state index contributed by atoms with van der Waals surface area (Å²) in [5.74, 6) is 0. The van der Waals surface area contributed by atoms with E-state index in [1.54, 1.807) is 0 Å². The molecule has 336 valence electrons. The molecule has 0 bridgehead atoms. The first-order valence-corrected chi connectivity index (χ1v) is 25.7. The Morgan fingerprint density at radius 1 is 0.478 bits per heavy atom. The summed E-state index contributed by atoms with van der Waals surface area (Å²) in [7, 11) is 0. The zero-order valence-electron chi connectivity index (χ0n) is 41.4. The van der Waals surface area contributed by atoms with Crippen molar-refractivity contribution >= 4 is 100 Å². The van der Waals surface area contributed by atoms with Crippen LogP contribution in [0.1, 0.15) is 124 Å². The molecule has 1 fully saturated rings. The van der Waals surface area contributed by atoms with Gasteiger partial charge in [-0.05, 0) is 129 Å². The van der Waals surface area contributed by atoms with Crippen LogP contribution >= 0.6 is 11.3 Å². The Kier molecular flexibility index (Phi) is 9.13. The maximum atomic E-state index is 2.79. The molecular formula is C62H64BN3S. The molecule has 67 heavy (non-hydrogen) atoms. The average molecular weight is 894 g/mol. The van der Waals surface area contributed by atoms with Crippen LogP contribution in [0.25, 0.3) is 20.2 Å². The van der Waals surface area contributed by atoms with E-state index in [4.69, 9.17) is 0 Å². The summed E-state index contributed by atoms with van der Waals surface area (Å²) in [5.41, 5.74) is 19.7. The van der Waals surface area contributed by atoms with Crippen LogP contribution in [0.2, 0.25) is 0 Å². The number of nitrogens with zero attached hydrogens (tertiary/aromatic N) is 3. The molecule has 2 atom stereocenters. The van der Waals surface area contributed by atoms with Crippen LogP contribution in [0.15, 0.2) is 140 Å². The minimum atomic E-state index is -0.104. The number of fused-ring (bicyclic) bond motifs is 10. The van der Waals surface area contributed by atoms with E-state index >= 15 is 0 Å². The molecule has 0 spiro atoms. The zero-order valence-corrected chi connectivity index (χ0v) is 42.3.